The molecule has 0 saturated carbocycles. The second-order valence-corrected chi connectivity index (χ2v) is 5.16. The van der Waals surface area contributed by atoms with E-state index in [1.54, 1.807) is 18.2 Å². The number of pyridine rings is 1. The van der Waals surface area contributed by atoms with Crippen LogP contribution in [0.25, 0.3) is 11.1 Å². The third-order valence-electron chi connectivity index (χ3n) is 3.77. The molecule has 23 heavy (non-hydrogen) atoms. The van der Waals surface area contributed by atoms with Crippen LogP contribution in [0.3, 0.4) is 0 Å². The van der Waals surface area contributed by atoms with E-state index in [0.717, 1.165) is 0 Å². The van der Waals surface area contributed by atoms with E-state index < -0.39 is 17.5 Å². The Morgan fingerprint density at radius 3 is 2.83 bits per heavy atom. The monoisotopic (exact) mass is 315 g/mol. The fourth-order valence-corrected chi connectivity index (χ4v) is 2.48. The van der Waals surface area contributed by atoms with Crippen molar-refractivity contribution in [2.45, 2.75) is 12.8 Å². The number of hydrogen-bond acceptors (Lipinski definition) is 5. The third-order valence-corrected chi connectivity index (χ3v) is 3.77. The summed E-state index contributed by atoms with van der Waals surface area (Å²) in [6.45, 7) is 1.85. The van der Waals surface area contributed by atoms with Crippen LogP contribution in [0.5, 0.6) is 5.75 Å². The summed E-state index contributed by atoms with van der Waals surface area (Å²) in [6, 6.07) is 7.40. The highest BCUT2D eigenvalue weighted by molar-refractivity contribution is 5.91. The molecular formula is C17H14FNO4. The van der Waals surface area contributed by atoms with E-state index in [9.17, 15) is 14.3 Å². The van der Waals surface area contributed by atoms with Crippen LogP contribution in [0, 0.1) is 5.82 Å². The van der Waals surface area contributed by atoms with E-state index in [1.807, 2.05) is 6.92 Å². The molecule has 0 spiro atoms. The number of esters is 1. The highest BCUT2D eigenvalue weighted by Crippen LogP contribution is 2.32. The second kappa shape index (κ2) is 5.72. The van der Waals surface area contributed by atoms with Crippen LogP contribution in [0.1, 0.15) is 34.5 Å². The summed E-state index contributed by atoms with van der Waals surface area (Å²) in [5.74, 6) is -1.94. The average molecular weight is 315 g/mol. The number of carbonyl (C=O) groups excluding carboxylic acids is 1. The molecule has 2 heterocycles. The van der Waals surface area contributed by atoms with E-state index in [1.165, 1.54) is 25.5 Å². The SMILES string of the molecule is COC(=O)c1cc(C(C)c2ccc(O)c(F)c2)c2occc2n1. The number of furan rings is 1. The van der Waals surface area contributed by atoms with Gasteiger partial charge in [0.05, 0.1) is 13.4 Å². The van der Waals surface area contributed by atoms with Crippen LogP contribution in [0.2, 0.25) is 0 Å². The number of phenols is 1. The van der Waals surface area contributed by atoms with Gasteiger partial charge in [0.15, 0.2) is 17.1 Å². The van der Waals surface area contributed by atoms with Gasteiger partial charge in [-0.1, -0.05) is 13.0 Å². The Kier molecular flexibility index (Phi) is 3.73. The fraction of sp³-hybridized carbons (Fsp3) is 0.176. The summed E-state index contributed by atoms with van der Waals surface area (Å²) in [6.07, 6.45) is 1.48. The van der Waals surface area contributed by atoms with Crippen LogP contribution in [-0.2, 0) is 4.74 Å². The van der Waals surface area contributed by atoms with Crippen LogP contribution in [0.4, 0.5) is 4.39 Å². The first-order valence-electron chi connectivity index (χ1n) is 6.96. The first kappa shape index (κ1) is 15.0. The quantitative estimate of drug-likeness (QED) is 0.747. The van der Waals surface area contributed by atoms with Gasteiger partial charge in [-0.25, -0.2) is 14.2 Å². The third kappa shape index (κ3) is 2.63. The lowest BCUT2D eigenvalue weighted by atomic mass is 9.92. The van der Waals surface area contributed by atoms with Gasteiger partial charge in [-0.2, -0.15) is 0 Å². The average Bonchev–Trinajstić information content (AvgIpc) is 3.03. The Morgan fingerprint density at radius 2 is 2.13 bits per heavy atom. The van der Waals surface area contributed by atoms with Crippen molar-refractivity contribution in [3.63, 3.8) is 0 Å². The molecule has 0 aliphatic rings. The number of methoxy groups -OCH3 is 1. The molecule has 118 valence electrons. The number of aromatic nitrogens is 1. The molecule has 1 unspecified atom stereocenters. The lowest BCUT2D eigenvalue weighted by Gasteiger charge is -2.14. The van der Waals surface area contributed by atoms with Crippen LogP contribution < -0.4 is 0 Å². The highest BCUT2D eigenvalue weighted by atomic mass is 19.1. The van der Waals surface area contributed by atoms with Crippen LogP contribution >= 0.6 is 0 Å². The Bertz CT molecular complexity index is 887. The van der Waals surface area contributed by atoms with Crippen molar-refractivity contribution in [3.8, 4) is 5.75 Å². The molecule has 2 aromatic heterocycles. The topological polar surface area (TPSA) is 72.6 Å². The van der Waals surface area contributed by atoms with Crippen LogP contribution in [0.15, 0.2) is 41.0 Å². The van der Waals surface area contributed by atoms with Gasteiger partial charge in [0.25, 0.3) is 0 Å². The van der Waals surface area contributed by atoms with Crippen LogP contribution in [-0.4, -0.2) is 23.2 Å². The smallest absolute Gasteiger partial charge is 0.356 e. The Balaban J connectivity index is 2.15. The van der Waals surface area contributed by atoms with Gasteiger partial charge >= 0.3 is 5.97 Å². The normalized spacial score (nSPS) is 12.3. The zero-order valence-corrected chi connectivity index (χ0v) is 12.5. The van der Waals surface area contributed by atoms with Crippen molar-refractivity contribution < 1.29 is 23.4 Å². The predicted molar refractivity (Wildman–Crippen MR) is 80.9 cm³/mol. The molecule has 0 fully saturated rings. The zero-order valence-electron chi connectivity index (χ0n) is 12.5. The number of aromatic hydroxyl groups is 1. The molecule has 1 aromatic carbocycles. The number of fused-ring (bicyclic) bond motifs is 1. The number of hydrogen-bond donors (Lipinski definition) is 1. The predicted octanol–water partition coefficient (Wildman–Crippen LogP) is 3.61. The van der Waals surface area contributed by atoms with Gasteiger partial charge in [0, 0.05) is 17.5 Å². The summed E-state index contributed by atoms with van der Waals surface area (Å²) < 4.78 is 23.8. The van der Waals surface area contributed by atoms with Gasteiger partial charge < -0.3 is 14.3 Å². The Hall–Kier alpha value is -2.89. The van der Waals surface area contributed by atoms with Gasteiger partial charge in [-0.15, -0.1) is 0 Å². The molecule has 0 aliphatic heterocycles. The minimum absolute atomic E-state index is 0.155. The minimum Gasteiger partial charge on any atom is -0.505 e. The molecule has 1 N–H and O–H groups in total. The molecule has 0 bridgehead atoms. The molecule has 0 saturated heterocycles. The molecule has 0 radical (unpaired) electrons. The number of ether oxygens (including phenoxy) is 1. The standard InChI is InChI=1S/C17H14FNO4/c1-9(10-3-4-15(20)12(18)7-10)11-8-14(17(21)22-2)19-13-5-6-23-16(11)13/h3-9,20H,1-2H3. The number of halogens is 1. The molecule has 6 heteroatoms. The zero-order chi connectivity index (χ0) is 16.6. The first-order valence-corrected chi connectivity index (χ1v) is 6.96. The minimum atomic E-state index is -0.702. The maximum absolute atomic E-state index is 13.6. The lowest BCUT2D eigenvalue weighted by Crippen LogP contribution is -2.07. The molecule has 3 aromatic rings. The molecular weight excluding hydrogens is 301 g/mol. The summed E-state index contributed by atoms with van der Waals surface area (Å²) in [4.78, 5) is 16.0. The lowest BCUT2D eigenvalue weighted by molar-refractivity contribution is 0.0594. The van der Waals surface area contributed by atoms with E-state index in [-0.39, 0.29) is 11.6 Å². The maximum Gasteiger partial charge on any atom is 0.356 e. The fourth-order valence-electron chi connectivity index (χ4n) is 2.48. The molecule has 3 rings (SSSR count). The highest BCUT2D eigenvalue weighted by Gasteiger charge is 2.20. The second-order valence-electron chi connectivity index (χ2n) is 5.16. The number of phenolic OH excluding ortho intramolecular Hbond substituents is 1. The van der Waals surface area contributed by atoms with E-state index >= 15 is 0 Å². The number of rotatable bonds is 3. The van der Waals surface area contributed by atoms with E-state index in [0.29, 0.717) is 22.2 Å². The van der Waals surface area contributed by atoms with E-state index in [4.69, 9.17) is 9.15 Å². The van der Waals surface area contributed by atoms with Crippen molar-refractivity contribution in [1.82, 2.24) is 4.98 Å². The largest absolute Gasteiger partial charge is 0.505 e. The number of carbonyl (C=O) groups is 1. The molecule has 5 nitrogen and oxygen atoms in total. The van der Waals surface area contributed by atoms with Gasteiger partial charge in [0.2, 0.25) is 0 Å². The summed E-state index contributed by atoms with van der Waals surface area (Å²) >= 11 is 0. The van der Waals surface area contributed by atoms with Gasteiger partial charge in [0.1, 0.15) is 11.2 Å². The summed E-state index contributed by atoms with van der Waals surface area (Å²) in [5, 5.41) is 9.32. The number of nitrogens with zero attached hydrogens (tertiary/aromatic N) is 1. The van der Waals surface area contributed by atoms with Crippen molar-refractivity contribution >= 4 is 17.1 Å². The Morgan fingerprint density at radius 1 is 1.35 bits per heavy atom. The van der Waals surface area contributed by atoms with Gasteiger partial charge in [-0.05, 0) is 23.8 Å². The van der Waals surface area contributed by atoms with Crippen molar-refractivity contribution in [2.75, 3.05) is 7.11 Å². The molecule has 0 aliphatic carbocycles. The molecule has 1 atom stereocenters. The van der Waals surface area contributed by atoms with Crippen molar-refractivity contribution in [2.24, 2.45) is 0 Å². The molecule has 0 amide bonds. The first-order chi connectivity index (χ1) is 11.0. The van der Waals surface area contributed by atoms with Gasteiger partial charge in [-0.3, -0.25) is 0 Å². The summed E-state index contributed by atoms with van der Waals surface area (Å²) in [5.41, 5.74) is 2.53. The Labute approximate surface area is 131 Å². The summed E-state index contributed by atoms with van der Waals surface area (Å²) in [7, 11) is 1.28. The van der Waals surface area contributed by atoms with E-state index in [2.05, 4.69) is 4.98 Å². The van der Waals surface area contributed by atoms with Crippen molar-refractivity contribution in [1.29, 1.82) is 0 Å². The maximum atomic E-state index is 13.6. The number of benzene rings is 1. The van der Waals surface area contributed by atoms with Crippen molar-refractivity contribution in [3.05, 3.63) is 59.2 Å².